The Hall–Kier alpha value is -1.03. The van der Waals surface area contributed by atoms with Gasteiger partial charge >= 0.3 is 5.97 Å². The number of rotatable bonds is 2. The normalized spacial score (nSPS) is 9.83. The zero-order valence-electron chi connectivity index (χ0n) is 6.37. The van der Waals surface area contributed by atoms with Gasteiger partial charge in [-0.2, -0.15) is 0 Å². The molecule has 64 valence electrons. The monoisotopic (exact) mass is 186 g/mol. The first-order chi connectivity index (χ1) is 5.65. The van der Waals surface area contributed by atoms with E-state index in [0.717, 1.165) is 6.07 Å². The molecule has 1 aromatic carbocycles. The topological polar surface area (TPSA) is 37.3 Å². The molecule has 1 N–H and O–H groups in total. The van der Waals surface area contributed by atoms with Gasteiger partial charge in [0.05, 0.1) is 5.56 Å². The number of hydrogen-bond acceptors (Lipinski definition) is 2. The minimum absolute atomic E-state index is 0.0162. The third-order valence-electron chi connectivity index (χ3n) is 1.39. The van der Waals surface area contributed by atoms with Gasteiger partial charge in [0.2, 0.25) is 0 Å². The molecule has 2 nitrogen and oxygen atoms in total. The fourth-order valence-electron chi connectivity index (χ4n) is 0.847. The van der Waals surface area contributed by atoms with Crippen LogP contribution in [0.15, 0.2) is 23.1 Å². The maximum atomic E-state index is 12.6. The lowest BCUT2D eigenvalue weighted by Crippen LogP contribution is -1.99. The van der Waals surface area contributed by atoms with Crippen molar-refractivity contribution >= 4 is 17.7 Å². The summed E-state index contributed by atoms with van der Waals surface area (Å²) in [6.45, 7) is 0. The zero-order chi connectivity index (χ0) is 9.14. The number of benzene rings is 1. The van der Waals surface area contributed by atoms with Gasteiger partial charge in [-0.25, -0.2) is 9.18 Å². The van der Waals surface area contributed by atoms with Crippen LogP contribution in [0.3, 0.4) is 0 Å². The Morgan fingerprint density at radius 1 is 1.58 bits per heavy atom. The molecule has 0 atom stereocenters. The molecule has 0 saturated carbocycles. The maximum Gasteiger partial charge on any atom is 0.336 e. The van der Waals surface area contributed by atoms with Gasteiger partial charge in [-0.05, 0) is 24.5 Å². The Balaban J connectivity index is 3.21. The Morgan fingerprint density at radius 3 is 2.75 bits per heavy atom. The van der Waals surface area contributed by atoms with Gasteiger partial charge in [0.1, 0.15) is 5.82 Å². The molecule has 0 heterocycles. The van der Waals surface area contributed by atoms with Gasteiger partial charge in [-0.1, -0.05) is 0 Å². The van der Waals surface area contributed by atoms with Crippen molar-refractivity contribution in [3.63, 3.8) is 0 Å². The largest absolute Gasteiger partial charge is 0.478 e. The van der Waals surface area contributed by atoms with Crippen LogP contribution in [0.4, 0.5) is 4.39 Å². The van der Waals surface area contributed by atoms with E-state index in [4.69, 9.17) is 5.11 Å². The van der Waals surface area contributed by atoms with Crippen molar-refractivity contribution in [3.05, 3.63) is 29.6 Å². The van der Waals surface area contributed by atoms with Crippen LogP contribution in [0.5, 0.6) is 0 Å². The standard InChI is InChI=1S/C8H7FO2S/c1-12-7-3-2-5(9)4-6(7)8(10)11/h2-4H,1H3,(H,10,11). The second-order valence-electron chi connectivity index (χ2n) is 2.15. The lowest BCUT2D eigenvalue weighted by atomic mass is 10.2. The fraction of sp³-hybridized carbons (Fsp3) is 0.125. The number of carboxylic acids is 1. The summed E-state index contributed by atoms with van der Waals surface area (Å²) in [5.74, 6) is -1.62. The molecule has 1 rings (SSSR count). The number of hydrogen-bond donors (Lipinski definition) is 1. The molecule has 0 radical (unpaired) electrons. The van der Waals surface area contributed by atoms with Gasteiger partial charge in [-0.3, -0.25) is 0 Å². The van der Waals surface area contributed by atoms with Crippen LogP contribution in [0.2, 0.25) is 0 Å². The Bertz CT molecular complexity index is 312. The Kier molecular flexibility index (Phi) is 2.70. The quantitative estimate of drug-likeness (QED) is 0.720. The van der Waals surface area contributed by atoms with Crippen molar-refractivity contribution in [1.29, 1.82) is 0 Å². The average Bonchev–Trinajstić information content (AvgIpc) is 2.04. The van der Waals surface area contributed by atoms with Crippen molar-refractivity contribution in [1.82, 2.24) is 0 Å². The number of aromatic carboxylic acids is 1. The summed E-state index contributed by atoms with van der Waals surface area (Å²) >= 11 is 1.28. The molecule has 0 aliphatic rings. The average molecular weight is 186 g/mol. The van der Waals surface area contributed by atoms with Gasteiger partial charge in [0.25, 0.3) is 0 Å². The smallest absolute Gasteiger partial charge is 0.336 e. The highest BCUT2D eigenvalue weighted by Crippen LogP contribution is 2.20. The molecular weight excluding hydrogens is 179 g/mol. The van der Waals surface area contributed by atoms with Crippen molar-refractivity contribution in [2.24, 2.45) is 0 Å². The van der Waals surface area contributed by atoms with Crippen LogP contribution in [0, 0.1) is 5.82 Å². The second kappa shape index (κ2) is 3.58. The summed E-state index contributed by atoms with van der Waals surface area (Å²) < 4.78 is 12.6. The van der Waals surface area contributed by atoms with Crippen molar-refractivity contribution in [2.75, 3.05) is 6.26 Å². The zero-order valence-corrected chi connectivity index (χ0v) is 7.19. The molecule has 0 saturated heterocycles. The van der Waals surface area contributed by atoms with E-state index in [-0.39, 0.29) is 5.56 Å². The predicted octanol–water partition coefficient (Wildman–Crippen LogP) is 2.25. The molecule has 4 heteroatoms. The molecule has 0 amide bonds. The molecular formula is C8H7FO2S. The first-order valence-electron chi connectivity index (χ1n) is 3.22. The summed E-state index contributed by atoms with van der Waals surface area (Å²) in [5.41, 5.74) is 0.0162. The third kappa shape index (κ3) is 1.76. The van der Waals surface area contributed by atoms with Crippen molar-refractivity contribution < 1.29 is 14.3 Å². The van der Waals surface area contributed by atoms with E-state index >= 15 is 0 Å². The predicted molar refractivity (Wildman–Crippen MR) is 45.1 cm³/mol. The van der Waals surface area contributed by atoms with Gasteiger partial charge < -0.3 is 5.11 Å². The van der Waals surface area contributed by atoms with Crippen molar-refractivity contribution in [2.45, 2.75) is 4.90 Å². The highest BCUT2D eigenvalue weighted by atomic mass is 32.2. The Morgan fingerprint density at radius 2 is 2.25 bits per heavy atom. The minimum Gasteiger partial charge on any atom is -0.478 e. The lowest BCUT2D eigenvalue weighted by molar-refractivity contribution is 0.0692. The van der Waals surface area contributed by atoms with E-state index in [1.165, 1.54) is 23.9 Å². The van der Waals surface area contributed by atoms with E-state index in [0.29, 0.717) is 4.90 Å². The van der Waals surface area contributed by atoms with E-state index < -0.39 is 11.8 Å². The molecule has 0 fully saturated rings. The van der Waals surface area contributed by atoms with Crippen LogP contribution < -0.4 is 0 Å². The van der Waals surface area contributed by atoms with E-state index in [2.05, 4.69) is 0 Å². The number of halogens is 1. The minimum atomic E-state index is -1.10. The number of carboxylic acid groups (broad SMARTS) is 1. The highest BCUT2D eigenvalue weighted by Gasteiger charge is 2.09. The molecule has 0 aromatic heterocycles. The van der Waals surface area contributed by atoms with E-state index in [1.54, 1.807) is 6.26 Å². The van der Waals surface area contributed by atoms with Crippen LogP contribution in [0.25, 0.3) is 0 Å². The van der Waals surface area contributed by atoms with Crippen LogP contribution in [-0.4, -0.2) is 17.3 Å². The third-order valence-corrected chi connectivity index (χ3v) is 2.19. The number of carbonyl (C=O) groups is 1. The summed E-state index contributed by atoms with van der Waals surface area (Å²) in [6, 6.07) is 3.73. The maximum absolute atomic E-state index is 12.6. The summed E-state index contributed by atoms with van der Waals surface area (Å²) in [6.07, 6.45) is 1.75. The van der Waals surface area contributed by atoms with Crippen LogP contribution in [0.1, 0.15) is 10.4 Å². The molecule has 0 aliphatic heterocycles. The van der Waals surface area contributed by atoms with Gasteiger partial charge in [0.15, 0.2) is 0 Å². The van der Waals surface area contributed by atoms with E-state index in [1.807, 2.05) is 0 Å². The summed E-state index contributed by atoms with van der Waals surface area (Å²) in [5, 5.41) is 8.64. The second-order valence-corrected chi connectivity index (χ2v) is 3.00. The molecule has 0 unspecified atom stereocenters. The molecule has 0 aliphatic carbocycles. The molecule has 0 bridgehead atoms. The van der Waals surface area contributed by atoms with Crippen LogP contribution in [-0.2, 0) is 0 Å². The van der Waals surface area contributed by atoms with Crippen molar-refractivity contribution in [3.8, 4) is 0 Å². The first-order valence-corrected chi connectivity index (χ1v) is 4.44. The first kappa shape index (κ1) is 9.06. The van der Waals surface area contributed by atoms with Crippen LogP contribution >= 0.6 is 11.8 Å². The number of thioether (sulfide) groups is 1. The SMILES string of the molecule is CSc1ccc(F)cc1C(=O)O. The Labute approximate surface area is 73.4 Å². The molecule has 1 aromatic rings. The van der Waals surface area contributed by atoms with E-state index in [9.17, 15) is 9.18 Å². The lowest BCUT2D eigenvalue weighted by Gasteiger charge is -2.01. The van der Waals surface area contributed by atoms with Gasteiger partial charge in [0, 0.05) is 4.90 Å². The summed E-state index contributed by atoms with van der Waals surface area (Å²) in [4.78, 5) is 11.1. The highest BCUT2D eigenvalue weighted by molar-refractivity contribution is 7.98. The molecule has 0 spiro atoms. The van der Waals surface area contributed by atoms with Gasteiger partial charge in [-0.15, -0.1) is 11.8 Å². The summed E-state index contributed by atoms with van der Waals surface area (Å²) in [7, 11) is 0. The molecule has 12 heavy (non-hydrogen) atoms. The fourth-order valence-corrected chi connectivity index (χ4v) is 1.42.